The third kappa shape index (κ3) is 5.26. The van der Waals surface area contributed by atoms with Crippen molar-refractivity contribution < 1.29 is 9.18 Å². The number of nitrogens with one attached hydrogen (secondary N) is 2. The Morgan fingerprint density at radius 3 is 2.57 bits per heavy atom. The van der Waals surface area contributed by atoms with Gasteiger partial charge < -0.3 is 10.6 Å². The van der Waals surface area contributed by atoms with E-state index in [4.69, 9.17) is 0 Å². The van der Waals surface area contributed by atoms with Crippen molar-refractivity contribution in [3.63, 3.8) is 0 Å². The van der Waals surface area contributed by atoms with Gasteiger partial charge in [0.1, 0.15) is 5.82 Å². The number of urea groups is 1. The summed E-state index contributed by atoms with van der Waals surface area (Å²) in [5, 5.41) is 5.56. The highest BCUT2D eigenvalue weighted by atomic mass is 19.1. The summed E-state index contributed by atoms with van der Waals surface area (Å²) < 4.78 is 13.0. The van der Waals surface area contributed by atoms with E-state index in [1.165, 1.54) is 17.7 Å². The third-order valence-electron chi connectivity index (χ3n) is 3.12. The summed E-state index contributed by atoms with van der Waals surface area (Å²) >= 11 is 0. The smallest absolute Gasteiger partial charge is 0.315 e. The molecule has 0 saturated carbocycles. The summed E-state index contributed by atoms with van der Waals surface area (Å²) in [5.41, 5.74) is 3.10. The highest BCUT2D eigenvalue weighted by molar-refractivity contribution is 5.73. The highest BCUT2D eigenvalue weighted by Gasteiger charge is 2.01. The van der Waals surface area contributed by atoms with Crippen LogP contribution in [0.4, 0.5) is 9.18 Å². The fourth-order valence-corrected chi connectivity index (χ4v) is 2.08. The van der Waals surface area contributed by atoms with Gasteiger partial charge in [-0.3, -0.25) is 0 Å². The van der Waals surface area contributed by atoms with Gasteiger partial charge in [0.25, 0.3) is 0 Å². The van der Waals surface area contributed by atoms with Crippen LogP contribution in [0.25, 0.3) is 0 Å². The van der Waals surface area contributed by atoms with Gasteiger partial charge in [0.05, 0.1) is 0 Å². The van der Waals surface area contributed by atoms with Crippen molar-refractivity contribution in [3.8, 4) is 0 Å². The molecular formula is C17H19FN2O. The number of halogens is 1. The zero-order valence-corrected chi connectivity index (χ0v) is 12.0. The summed E-state index contributed by atoms with van der Waals surface area (Å²) in [6.07, 6.45) is 0.607. The SMILES string of the molecule is Cc1cccc(CNC(=O)NCCc2cccc(F)c2)c1. The zero-order chi connectivity index (χ0) is 15.1. The van der Waals surface area contributed by atoms with Crippen molar-refractivity contribution in [3.05, 3.63) is 71.0 Å². The normalized spacial score (nSPS) is 10.2. The lowest BCUT2D eigenvalue weighted by Gasteiger charge is -2.08. The highest BCUT2D eigenvalue weighted by Crippen LogP contribution is 2.04. The largest absolute Gasteiger partial charge is 0.338 e. The van der Waals surface area contributed by atoms with Crippen molar-refractivity contribution >= 4 is 6.03 Å². The number of aryl methyl sites for hydroxylation is 1. The molecule has 0 aromatic heterocycles. The Balaban J connectivity index is 1.70. The standard InChI is InChI=1S/C17H19FN2O/c1-13-4-2-6-15(10-13)12-20-17(21)19-9-8-14-5-3-7-16(18)11-14/h2-7,10-11H,8-9,12H2,1H3,(H2,19,20,21). The number of hydrogen-bond acceptors (Lipinski definition) is 1. The molecule has 2 aromatic rings. The van der Waals surface area contributed by atoms with Crippen molar-refractivity contribution in [2.45, 2.75) is 19.9 Å². The van der Waals surface area contributed by atoms with Gasteiger partial charge in [-0.25, -0.2) is 9.18 Å². The van der Waals surface area contributed by atoms with Crippen molar-refractivity contribution in [2.24, 2.45) is 0 Å². The summed E-state index contributed by atoms with van der Waals surface area (Å²) in [7, 11) is 0. The van der Waals surface area contributed by atoms with E-state index in [2.05, 4.69) is 10.6 Å². The lowest BCUT2D eigenvalue weighted by molar-refractivity contribution is 0.240. The van der Waals surface area contributed by atoms with E-state index < -0.39 is 0 Å². The van der Waals surface area contributed by atoms with E-state index >= 15 is 0 Å². The predicted molar refractivity (Wildman–Crippen MR) is 81.5 cm³/mol. The molecule has 0 bridgehead atoms. The lowest BCUT2D eigenvalue weighted by Crippen LogP contribution is -2.36. The van der Waals surface area contributed by atoms with Crippen LogP contribution >= 0.6 is 0 Å². The molecule has 110 valence electrons. The Kier molecular flexibility index (Phi) is 5.32. The van der Waals surface area contributed by atoms with Crippen molar-refractivity contribution in [1.82, 2.24) is 10.6 Å². The van der Waals surface area contributed by atoms with E-state index in [9.17, 15) is 9.18 Å². The van der Waals surface area contributed by atoms with Gasteiger partial charge in [-0.1, -0.05) is 42.0 Å². The van der Waals surface area contributed by atoms with Crippen LogP contribution in [0.1, 0.15) is 16.7 Å². The Morgan fingerprint density at radius 1 is 1.05 bits per heavy atom. The van der Waals surface area contributed by atoms with Crippen LogP contribution in [0, 0.1) is 12.7 Å². The first-order valence-electron chi connectivity index (χ1n) is 6.95. The Hall–Kier alpha value is -2.36. The summed E-state index contributed by atoms with van der Waals surface area (Å²) in [5.74, 6) is -0.253. The number of amides is 2. The molecule has 0 radical (unpaired) electrons. The first-order valence-corrected chi connectivity index (χ1v) is 6.95. The van der Waals surface area contributed by atoms with Gasteiger partial charge in [-0.2, -0.15) is 0 Å². The van der Waals surface area contributed by atoms with E-state index in [-0.39, 0.29) is 11.8 Å². The van der Waals surface area contributed by atoms with E-state index in [1.54, 1.807) is 6.07 Å². The Morgan fingerprint density at radius 2 is 1.81 bits per heavy atom. The van der Waals surface area contributed by atoms with Crippen LogP contribution in [0.5, 0.6) is 0 Å². The number of benzene rings is 2. The van der Waals surface area contributed by atoms with Gasteiger partial charge in [-0.05, 0) is 36.6 Å². The maximum absolute atomic E-state index is 13.0. The molecule has 0 heterocycles. The van der Waals surface area contributed by atoms with Gasteiger partial charge in [0.2, 0.25) is 0 Å². The number of carbonyl (C=O) groups is 1. The summed E-state index contributed by atoms with van der Waals surface area (Å²) in [6.45, 7) is 2.99. The number of rotatable bonds is 5. The molecule has 0 atom stereocenters. The second kappa shape index (κ2) is 7.43. The topological polar surface area (TPSA) is 41.1 Å². The summed E-state index contributed by atoms with van der Waals surface area (Å²) in [4.78, 5) is 11.7. The van der Waals surface area contributed by atoms with Gasteiger partial charge in [0, 0.05) is 13.1 Å². The van der Waals surface area contributed by atoms with Crippen LogP contribution < -0.4 is 10.6 Å². The van der Waals surface area contributed by atoms with Crippen LogP contribution in [0.3, 0.4) is 0 Å². The molecule has 4 heteroatoms. The van der Waals surface area contributed by atoms with Crippen molar-refractivity contribution in [2.75, 3.05) is 6.54 Å². The molecule has 2 aromatic carbocycles. The van der Waals surface area contributed by atoms with Gasteiger partial charge in [0.15, 0.2) is 0 Å². The quantitative estimate of drug-likeness (QED) is 0.871. The van der Waals surface area contributed by atoms with E-state index in [0.717, 1.165) is 11.1 Å². The minimum atomic E-state index is -0.253. The maximum Gasteiger partial charge on any atom is 0.315 e. The van der Waals surface area contributed by atoms with Crippen LogP contribution in [-0.2, 0) is 13.0 Å². The molecule has 0 saturated heterocycles. The van der Waals surface area contributed by atoms with Crippen LogP contribution in [0.15, 0.2) is 48.5 Å². The fourth-order valence-electron chi connectivity index (χ4n) is 2.08. The average Bonchev–Trinajstić information content (AvgIpc) is 2.45. The molecule has 2 rings (SSSR count). The maximum atomic E-state index is 13.0. The minimum absolute atomic E-state index is 0.215. The fraction of sp³-hybridized carbons (Fsp3) is 0.235. The molecule has 2 amide bonds. The van der Waals surface area contributed by atoms with E-state index in [0.29, 0.717) is 19.5 Å². The first kappa shape index (κ1) is 15.0. The summed E-state index contributed by atoms with van der Waals surface area (Å²) in [6, 6.07) is 14.2. The van der Waals surface area contributed by atoms with E-state index in [1.807, 2.05) is 37.3 Å². The molecule has 21 heavy (non-hydrogen) atoms. The van der Waals surface area contributed by atoms with Crippen molar-refractivity contribution in [1.29, 1.82) is 0 Å². The lowest BCUT2D eigenvalue weighted by atomic mass is 10.1. The van der Waals surface area contributed by atoms with Crippen LogP contribution in [-0.4, -0.2) is 12.6 Å². The molecule has 0 aliphatic heterocycles. The molecule has 0 spiro atoms. The zero-order valence-electron chi connectivity index (χ0n) is 12.0. The molecule has 0 aliphatic rings. The Labute approximate surface area is 124 Å². The van der Waals surface area contributed by atoms with Gasteiger partial charge >= 0.3 is 6.03 Å². The third-order valence-corrected chi connectivity index (χ3v) is 3.12. The number of hydrogen-bond donors (Lipinski definition) is 2. The second-order valence-electron chi connectivity index (χ2n) is 4.98. The second-order valence-corrected chi connectivity index (χ2v) is 4.98. The first-order chi connectivity index (χ1) is 10.1. The molecule has 0 fully saturated rings. The monoisotopic (exact) mass is 286 g/mol. The average molecular weight is 286 g/mol. The Bertz CT molecular complexity index is 613. The molecule has 2 N–H and O–H groups in total. The molecule has 0 aliphatic carbocycles. The molecular weight excluding hydrogens is 267 g/mol. The molecule has 0 unspecified atom stereocenters. The predicted octanol–water partition coefficient (Wildman–Crippen LogP) is 3.18. The van der Waals surface area contributed by atoms with Gasteiger partial charge in [-0.15, -0.1) is 0 Å². The number of carbonyl (C=O) groups excluding carboxylic acids is 1. The molecule has 3 nitrogen and oxygen atoms in total. The minimum Gasteiger partial charge on any atom is -0.338 e. The van der Waals surface area contributed by atoms with Crippen LogP contribution in [0.2, 0.25) is 0 Å².